The van der Waals surface area contributed by atoms with Crippen molar-refractivity contribution < 1.29 is 78.2 Å². The summed E-state index contributed by atoms with van der Waals surface area (Å²) in [6, 6.07) is 2.49. The number of nitrogens with zero attached hydrogens (tertiary/aromatic N) is 2. The Morgan fingerprint density at radius 3 is 1.31 bits per heavy atom. The molecule has 0 saturated heterocycles. The largest absolute Gasteiger partial charge is 0.506 e. The van der Waals surface area contributed by atoms with Crippen LogP contribution in [0.3, 0.4) is 0 Å². The minimum atomic E-state index is -1.02. The van der Waals surface area contributed by atoms with Crippen LogP contribution in [0.15, 0.2) is 93.0 Å². The zero-order valence-electron chi connectivity index (χ0n) is 53.4. The monoisotopic (exact) mass is 1240 g/mol. The molecule has 0 fully saturated rings. The molecule has 492 valence electrons. The number of aliphatic hydroxyl groups is 2. The lowest BCUT2D eigenvalue weighted by Crippen LogP contribution is -2.37. The summed E-state index contributed by atoms with van der Waals surface area (Å²) >= 11 is 0. The van der Waals surface area contributed by atoms with Crippen molar-refractivity contribution in [1.82, 2.24) is 10.6 Å². The molecule has 4 rings (SSSR count). The smallest absolute Gasteiger partial charge is 0.405 e. The molecule has 2 aliphatic heterocycles. The number of methoxy groups -OCH3 is 4. The number of phenols is 4. The van der Waals surface area contributed by atoms with Gasteiger partial charge in [-0.1, -0.05) is 76.3 Å². The molecule has 4 amide bonds. The fraction of sp³-hybridized carbons (Fsp3) is 0.538. The van der Waals surface area contributed by atoms with Crippen LogP contribution in [0.5, 0.6) is 23.0 Å². The van der Waals surface area contributed by atoms with Crippen LogP contribution in [0.1, 0.15) is 98.6 Å². The lowest BCUT2D eigenvalue weighted by molar-refractivity contribution is -0.113. The SMILES string of the molecule is COC1C[C@H](C)Cc2c(O)c(cc(O)c2N=CCCNCCCNCCC=Nc2c(O)cc3c(O)c2C[C@@H](C)C[C@H](OC)[C@H](O)[C@@H](C)C=C(C)[C@H](OC(N)=O)[C@@H](OC)C=CC=C(C)C(=O)N3)NC(=O)C(C)=CC=C[C@H](OC)[C@@H](OC(N)=O)C(C)=C[C@H](C)[C@H]1O. The van der Waals surface area contributed by atoms with Crippen molar-refractivity contribution in [2.75, 3.05) is 65.3 Å². The molecular weight excluding hydrogens is 1150 g/mol. The average Bonchev–Trinajstić information content (AvgIpc) is 1.29. The fourth-order valence-corrected chi connectivity index (χ4v) is 10.7. The molecule has 24 nitrogen and oxygen atoms in total. The highest BCUT2D eigenvalue weighted by atomic mass is 16.6. The van der Waals surface area contributed by atoms with Gasteiger partial charge < -0.3 is 91.8 Å². The standard InChI is InChI=1S/C65H96N8O16/c1-36-28-44-54(48(74)34-46(58(44)78)72-62(80)38(3)18-13-20-50(84-9)60(88-64(66)82)42(7)32-40(5)56(76)52(30-36)86-11)70-26-16-24-68-22-15-23-69-25-17-27-71-55-45-29-37(2)31-53(87-12)57(77)41(6)33-43(8)61(89-65(67)83)51(85-10)21-14-19-39(4)63(81)73-47(59(45)79)35-49(55)75/h13-14,18-21,26-27,32-37,40-41,50-53,56-57,60-61,68-69,74-79H,15-17,22-25,28-31H2,1-12H3,(H2,66,82)(H2,67,83)(H,72,80)(H,73,81)/t36-,37-,40+,41+,50+,51+,52+,53?,56-,57-,60+,61+/m1/s1. The van der Waals surface area contributed by atoms with Crippen LogP contribution in [0.4, 0.5) is 32.3 Å². The molecular formula is C65H96N8O16. The molecule has 0 spiro atoms. The summed E-state index contributed by atoms with van der Waals surface area (Å²) in [5, 5.41) is 81.5. The normalized spacial score (nSPS) is 25.8. The lowest BCUT2D eigenvalue weighted by Gasteiger charge is -2.29. The number of nitrogens with two attached hydrogens (primary N) is 2. The first-order valence-corrected chi connectivity index (χ1v) is 30.0. The maximum absolute atomic E-state index is 13.4. The van der Waals surface area contributed by atoms with Gasteiger partial charge in [-0.05, 0) is 109 Å². The number of hydrogen-bond acceptors (Lipinski definition) is 20. The molecule has 89 heavy (non-hydrogen) atoms. The quantitative estimate of drug-likeness (QED) is 0.0222. The Labute approximate surface area is 522 Å². The van der Waals surface area contributed by atoms with Gasteiger partial charge in [0, 0.05) is 100 Å². The van der Waals surface area contributed by atoms with E-state index in [1.54, 1.807) is 90.4 Å². The fourth-order valence-electron chi connectivity index (χ4n) is 10.7. The Kier molecular flexibility index (Phi) is 30.7. The Bertz CT molecular complexity index is 2760. The summed E-state index contributed by atoms with van der Waals surface area (Å²) in [6.45, 7) is 16.4. The zero-order chi connectivity index (χ0) is 66.1. The second kappa shape index (κ2) is 36.9. The molecule has 2 aromatic rings. The predicted molar refractivity (Wildman–Crippen MR) is 343 cm³/mol. The number of ether oxygens (including phenoxy) is 6. The Balaban J connectivity index is 1.42. The maximum atomic E-state index is 13.4. The summed E-state index contributed by atoms with van der Waals surface area (Å²) in [4.78, 5) is 60.0. The number of hydrogen-bond donors (Lipinski definition) is 12. The molecule has 0 aromatic heterocycles. The van der Waals surface area contributed by atoms with Crippen molar-refractivity contribution in [1.29, 1.82) is 0 Å². The molecule has 24 heteroatoms. The number of carbonyl (C=O) groups excluding carboxylic acids is 4. The zero-order valence-corrected chi connectivity index (χ0v) is 53.4. The van der Waals surface area contributed by atoms with Crippen LogP contribution >= 0.6 is 0 Å². The van der Waals surface area contributed by atoms with Crippen molar-refractivity contribution in [2.24, 2.45) is 45.1 Å². The highest BCUT2D eigenvalue weighted by Gasteiger charge is 2.33. The minimum absolute atomic E-state index is 0.0298. The van der Waals surface area contributed by atoms with Gasteiger partial charge >= 0.3 is 12.2 Å². The second-order valence-electron chi connectivity index (χ2n) is 22.9. The third kappa shape index (κ3) is 22.5. The number of aromatic hydroxyl groups is 4. The molecule has 2 heterocycles. The highest BCUT2D eigenvalue weighted by molar-refractivity contribution is 6.05. The van der Waals surface area contributed by atoms with E-state index in [-0.39, 0.29) is 92.7 Å². The van der Waals surface area contributed by atoms with E-state index in [0.29, 0.717) is 63.0 Å². The van der Waals surface area contributed by atoms with Crippen molar-refractivity contribution in [3.63, 3.8) is 0 Å². The molecule has 4 bridgehead atoms. The van der Waals surface area contributed by atoms with E-state index < -0.39 is 84.7 Å². The Hall–Kier alpha value is -7.42. The van der Waals surface area contributed by atoms with E-state index >= 15 is 0 Å². The van der Waals surface area contributed by atoms with Crippen LogP contribution in [0.25, 0.3) is 0 Å². The van der Waals surface area contributed by atoms with Gasteiger partial charge in [-0.2, -0.15) is 0 Å². The van der Waals surface area contributed by atoms with Crippen molar-refractivity contribution >= 4 is 59.2 Å². The Morgan fingerprint density at radius 1 is 0.607 bits per heavy atom. The number of allylic oxidation sites excluding steroid dienone is 4. The lowest BCUT2D eigenvalue weighted by atomic mass is 9.87. The van der Waals surface area contributed by atoms with Crippen LogP contribution in [0, 0.1) is 23.7 Å². The van der Waals surface area contributed by atoms with E-state index in [2.05, 4.69) is 31.3 Å². The van der Waals surface area contributed by atoms with Gasteiger partial charge in [-0.25, -0.2) is 9.59 Å². The van der Waals surface area contributed by atoms with Gasteiger partial charge in [0.15, 0.2) is 12.2 Å². The summed E-state index contributed by atoms with van der Waals surface area (Å²) in [7, 11) is 5.84. The van der Waals surface area contributed by atoms with E-state index in [9.17, 15) is 49.8 Å². The van der Waals surface area contributed by atoms with E-state index in [4.69, 9.17) is 39.9 Å². The number of phenolic OH excluding ortho intramolecular Hbond substituents is 4. The van der Waals surface area contributed by atoms with Crippen molar-refractivity contribution in [2.45, 2.75) is 149 Å². The topological polar surface area (TPSA) is 370 Å². The number of carbonyl (C=O) groups is 4. The van der Waals surface area contributed by atoms with E-state index in [1.165, 1.54) is 52.7 Å². The molecule has 0 saturated carbocycles. The van der Waals surface area contributed by atoms with Crippen LogP contribution in [-0.2, 0) is 50.9 Å². The van der Waals surface area contributed by atoms with Gasteiger partial charge in [0.1, 0.15) is 46.6 Å². The van der Waals surface area contributed by atoms with Gasteiger partial charge in [-0.15, -0.1) is 0 Å². The number of benzene rings is 2. The van der Waals surface area contributed by atoms with Gasteiger partial charge in [0.2, 0.25) is 0 Å². The van der Waals surface area contributed by atoms with Gasteiger partial charge in [0.05, 0.1) is 35.8 Å². The van der Waals surface area contributed by atoms with E-state index in [0.717, 1.165) is 6.42 Å². The van der Waals surface area contributed by atoms with Crippen LogP contribution in [0.2, 0.25) is 0 Å². The highest BCUT2D eigenvalue weighted by Crippen LogP contribution is 2.46. The third-order valence-corrected chi connectivity index (χ3v) is 15.7. The summed E-state index contributed by atoms with van der Waals surface area (Å²) < 4.78 is 33.7. The summed E-state index contributed by atoms with van der Waals surface area (Å²) in [5.41, 5.74) is 13.3. The second-order valence-corrected chi connectivity index (χ2v) is 22.9. The first-order valence-electron chi connectivity index (χ1n) is 30.0. The van der Waals surface area contributed by atoms with Crippen molar-refractivity contribution in [3.8, 4) is 23.0 Å². The molecule has 0 aliphatic carbocycles. The number of rotatable bonds is 18. The maximum Gasteiger partial charge on any atom is 0.405 e. The molecule has 2 aromatic carbocycles. The van der Waals surface area contributed by atoms with E-state index in [1.807, 2.05) is 13.8 Å². The first kappa shape index (κ1) is 74.0. The molecule has 2 aliphatic rings. The molecule has 12 atom stereocenters. The Morgan fingerprint density at radius 2 is 0.978 bits per heavy atom. The number of fused-ring (bicyclic) bond motifs is 4. The minimum Gasteiger partial charge on any atom is -0.506 e. The number of anilines is 2. The number of nitrogens with one attached hydrogen (secondary N) is 4. The van der Waals surface area contributed by atoms with Gasteiger partial charge in [-0.3, -0.25) is 19.6 Å². The molecule has 14 N–H and O–H groups in total. The number of primary amides is 2. The van der Waals surface area contributed by atoms with Crippen LogP contribution < -0.4 is 32.7 Å². The van der Waals surface area contributed by atoms with Crippen molar-refractivity contribution in [3.05, 3.63) is 94.2 Å². The number of aliphatic hydroxyl groups excluding tert-OH is 2. The van der Waals surface area contributed by atoms with Gasteiger partial charge in [0.25, 0.3) is 11.8 Å². The average molecular weight is 1250 g/mol. The molecule has 0 radical (unpaired) electrons. The number of amides is 4. The van der Waals surface area contributed by atoms with Crippen LogP contribution in [-0.4, -0.2) is 171 Å². The third-order valence-electron chi connectivity index (χ3n) is 15.7. The summed E-state index contributed by atoms with van der Waals surface area (Å²) in [6.07, 6.45) is 9.87. The first-order chi connectivity index (χ1) is 42.3. The predicted octanol–water partition coefficient (Wildman–Crippen LogP) is 7.88. The summed E-state index contributed by atoms with van der Waals surface area (Å²) in [5.74, 6) is -3.70. The molecule has 1 unspecified atom stereocenters. The number of aliphatic imine (C=N–C) groups is 2.